The van der Waals surface area contributed by atoms with Gasteiger partial charge in [-0.3, -0.25) is 5.32 Å². The van der Waals surface area contributed by atoms with Crippen molar-refractivity contribution in [1.29, 1.82) is 0 Å². The van der Waals surface area contributed by atoms with Gasteiger partial charge in [-0.05, 0) is 42.2 Å². The Hall–Kier alpha value is -3.48. The molecule has 1 saturated heterocycles. The third-order valence-corrected chi connectivity index (χ3v) is 4.97. The lowest BCUT2D eigenvalue weighted by Crippen LogP contribution is -2.42. The smallest absolute Gasteiger partial charge is 0.325 e. The molecule has 0 radical (unpaired) electrons. The van der Waals surface area contributed by atoms with E-state index < -0.39 is 0 Å². The van der Waals surface area contributed by atoms with Gasteiger partial charge < -0.3 is 9.32 Å². The summed E-state index contributed by atoms with van der Waals surface area (Å²) in [4.78, 5) is 14.3. The van der Waals surface area contributed by atoms with Gasteiger partial charge in [0.2, 0.25) is 5.89 Å². The molecular weight excluding hydrogens is 371 g/mol. The van der Waals surface area contributed by atoms with Gasteiger partial charge in [-0.25, -0.2) is 9.18 Å². The summed E-state index contributed by atoms with van der Waals surface area (Å²) >= 11 is 0. The Labute approximate surface area is 168 Å². The first-order valence-corrected chi connectivity index (χ1v) is 9.49. The zero-order valence-corrected chi connectivity index (χ0v) is 16.0. The predicted octanol–water partition coefficient (Wildman–Crippen LogP) is 4.83. The van der Waals surface area contributed by atoms with Crippen molar-refractivity contribution >= 4 is 18.1 Å². The van der Waals surface area contributed by atoms with Crippen molar-refractivity contribution in [3.8, 4) is 11.5 Å². The zero-order chi connectivity index (χ0) is 20.2. The molecule has 1 atom stereocenters. The summed E-state index contributed by atoms with van der Waals surface area (Å²) in [6.45, 7) is 3.25. The number of nitrogens with zero attached hydrogens (tertiary/aromatic N) is 3. The molecule has 7 heteroatoms. The van der Waals surface area contributed by atoms with Gasteiger partial charge in [-0.15, -0.1) is 5.10 Å². The summed E-state index contributed by atoms with van der Waals surface area (Å²) in [6.07, 6.45) is 2.83. The highest BCUT2D eigenvalue weighted by atomic mass is 19.1. The molecule has 2 amide bonds. The number of hydrogen-bond acceptors (Lipinski definition) is 4. The van der Waals surface area contributed by atoms with Gasteiger partial charge in [0.1, 0.15) is 5.82 Å². The lowest BCUT2D eigenvalue weighted by atomic mass is 9.91. The third kappa shape index (κ3) is 4.51. The Bertz CT molecular complexity index is 1010. The molecule has 1 N–H and O–H groups in total. The fourth-order valence-corrected chi connectivity index (χ4v) is 3.36. The SMILES string of the molecule is CC1CN(C(=O)Nc2nnc(-c3ccccc3)o2)CCC1=Cc1ccc(F)cc1. The summed E-state index contributed by atoms with van der Waals surface area (Å²) in [5, 5.41) is 10.6. The van der Waals surface area contributed by atoms with Crippen molar-refractivity contribution in [2.24, 2.45) is 5.92 Å². The van der Waals surface area contributed by atoms with E-state index in [1.807, 2.05) is 30.3 Å². The van der Waals surface area contributed by atoms with Gasteiger partial charge in [0.05, 0.1) is 0 Å². The Kier molecular flexibility index (Phi) is 5.37. The number of amides is 2. The van der Waals surface area contributed by atoms with E-state index in [1.165, 1.54) is 17.7 Å². The van der Waals surface area contributed by atoms with Crippen LogP contribution in [0.2, 0.25) is 0 Å². The van der Waals surface area contributed by atoms with Crippen LogP contribution in [0.3, 0.4) is 0 Å². The van der Waals surface area contributed by atoms with Gasteiger partial charge in [0, 0.05) is 18.7 Å². The van der Waals surface area contributed by atoms with E-state index in [-0.39, 0.29) is 23.8 Å². The maximum atomic E-state index is 13.1. The van der Waals surface area contributed by atoms with Gasteiger partial charge >= 0.3 is 12.0 Å². The molecule has 3 aromatic rings. The number of halogens is 1. The molecule has 4 rings (SSSR count). The van der Waals surface area contributed by atoms with Crippen LogP contribution in [0.5, 0.6) is 0 Å². The molecule has 2 heterocycles. The minimum Gasteiger partial charge on any atom is -0.403 e. The second-order valence-electron chi connectivity index (χ2n) is 7.08. The van der Waals surface area contributed by atoms with E-state index in [2.05, 4.69) is 28.5 Å². The number of carbonyl (C=O) groups excluding carboxylic acids is 1. The second-order valence-corrected chi connectivity index (χ2v) is 7.08. The van der Waals surface area contributed by atoms with Crippen molar-refractivity contribution in [2.75, 3.05) is 18.4 Å². The number of nitrogens with one attached hydrogen (secondary N) is 1. The summed E-state index contributed by atoms with van der Waals surface area (Å²) in [7, 11) is 0. The first kappa shape index (κ1) is 18.9. The fraction of sp³-hybridized carbons (Fsp3) is 0.227. The summed E-state index contributed by atoms with van der Waals surface area (Å²) < 4.78 is 18.6. The standard InChI is InChI=1S/C22H21FN4O2/c1-15-14-27(12-11-18(15)13-16-7-9-19(23)10-8-16)22(28)24-21-26-25-20(29-21)17-5-3-2-4-6-17/h2-10,13,15H,11-12,14H2,1H3,(H,24,26,28). The highest BCUT2D eigenvalue weighted by Crippen LogP contribution is 2.26. The minimum absolute atomic E-state index is 0.0779. The van der Waals surface area contributed by atoms with Crippen molar-refractivity contribution in [3.05, 3.63) is 71.6 Å². The Balaban J connectivity index is 1.37. The molecule has 0 aliphatic carbocycles. The molecular formula is C22H21FN4O2. The van der Waals surface area contributed by atoms with E-state index in [0.29, 0.717) is 19.0 Å². The highest BCUT2D eigenvalue weighted by molar-refractivity contribution is 5.87. The second kappa shape index (κ2) is 8.26. The quantitative estimate of drug-likeness (QED) is 0.693. The summed E-state index contributed by atoms with van der Waals surface area (Å²) in [5.74, 6) is 0.308. The molecule has 1 aliphatic heterocycles. The average molecular weight is 392 g/mol. The molecule has 6 nitrogen and oxygen atoms in total. The van der Waals surface area contributed by atoms with Gasteiger partial charge in [-0.1, -0.05) is 54.0 Å². The molecule has 1 aromatic heterocycles. The Morgan fingerprint density at radius 1 is 1.17 bits per heavy atom. The monoisotopic (exact) mass is 392 g/mol. The van der Waals surface area contributed by atoms with Crippen LogP contribution in [-0.4, -0.2) is 34.2 Å². The van der Waals surface area contributed by atoms with Crippen LogP contribution in [0.15, 0.2) is 64.6 Å². The van der Waals surface area contributed by atoms with Crippen LogP contribution in [0, 0.1) is 11.7 Å². The van der Waals surface area contributed by atoms with E-state index >= 15 is 0 Å². The number of piperidine rings is 1. The normalized spacial score (nSPS) is 18.1. The number of carbonyl (C=O) groups is 1. The Morgan fingerprint density at radius 2 is 1.93 bits per heavy atom. The molecule has 29 heavy (non-hydrogen) atoms. The van der Waals surface area contributed by atoms with E-state index in [0.717, 1.165) is 17.5 Å². The molecule has 1 aliphatic rings. The molecule has 0 spiro atoms. The first-order valence-electron chi connectivity index (χ1n) is 9.49. The van der Waals surface area contributed by atoms with Gasteiger partial charge in [0.15, 0.2) is 0 Å². The number of hydrogen-bond donors (Lipinski definition) is 1. The first-order chi connectivity index (χ1) is 14.1. The van der Waals surface area contributed by atoms with Crippen LogP contribution < -0.4 is 5.32 Å². The molecule has 1 fully saturated rings. The lowest BCUT2D eigenvalue weighted by molar-refractivity contribution is 0.197. The van der Waals surface area contributed by atoms with Crippen LogP contribution >= 0.6 is 0 Å². The van der Waals surface area contributed by atoms with Crippen LogP contribution in [-0.2, 0) is 0 Å². The molecule has 148 valence electrons. The fourth-order valence-electron chi connectivity index (χ4n) is 3.36. The van der Waals surface area contributed by atoms with Crippen molar-refractivity contribution in [2.45, 2.75) is 13.3 Å². The molecule has 0 saturated carbocycles. The number of likely N-dealkylation sites (tertiary alicyclic amines) is 1. The lowest BCUT2D eigenvalue weighted by Gasteiger charge is -2.32. The number of urea groups is 1. The summed E-state index contributed by atoms with van der Waals surface area (Å²) in [5.41, 5.74) is 3.00. The maximum absolute atomic E-state index is 13.1. The average Bonchev–Trinajstić information content (AvgIpc) is 3.20. The van der Waals surface area contributed by atoms with Crippen molar-refractivity contribution in [3.63, 3.8) is 0 Å². The van der Waals surface area contributed by atoms with E-state index in [9.17, 15) is 9.18 Å². The summed E-state index contributed by atoms with van der Waals surface area (Å²) in [6, 6.07) is 15.6. The highest BCUT2D eigenvalue weighted by Gasteiger charge is 2.25. The molecule has 2 aromatic carbocycles. The number of aromatic nitrogens is 2. The minimum atomic E-state index is -0.263. The van der Waals surface area contributed by atoms with Crippen molar-refractivity contribution in [1.82, 2.24) is 15.1 Å². The largest absolute Gasteiger partial charge is 0.403 e. The third-order valence-electron chi connectivity index (χ3n) is 4.97. The van der Waals surface area contributed by atoms with Crippen LogP contribution in [0.1, 0.15) is 18.9 Å². The number of rotatable bonds is 3. The topological polar surface area (TPSA) is 71.3 Å². The van der Waals surface area contributed by atoms with E-state index in [4.69, 9.17) is 4.42 Å². The predicted molar refractivity (Wildman–Crippen MR) is 108 cm³/mol. The van der Waals surface area contributed by atoms with Gasteiger partial charge in [0.25, 0.3) is 0 Å². The van der Waals surface area contributed by atoms with Crippen LogP contribution in [0.25, 0.3) is 17.5 Å². The number of anilines is 1. The van der Waals surface area contributed by atoms with Crippen LogP contribution in [0.4, 0.5) is 15.2 Å². The Morgan fingerprint density at radius 3 is 2.66 bits per heavy atom. The van der Waals surface area contributed by atoms with E-state index in [1.54, 1.807) is 17.0 Å². The zero-order valence-electron chi connectivity index (χ0n) is 16.0. The molecule has 0 bridgehead atoms. The molecule has 1 unspecified atom stereocenters. The number of benzene rings is 2. The van der Waals surface area contributed by atoms with Crippen molar-refractivity contribution < 1.29 is 13.6 Å². The maximum Gasteiger partial charge on any atom is 0.325 e. The van der Waals surface area contributed by atoms with Gasteiger partial charge in [-0.2, -0.15) is 0 Å².